The first-order valence-electron chi connectivity index (χ1n) is 5.82. The fraction of sp³-hybridized carbons (Fsp3) is 0.667. The lowest BCUT2D eigenvalue weighted by Crippen LogP contribution is -2.49. The van der Waals surface area contributed by atoms with E-state index in [-0.39, 0.29) is 12.0 Å². The molecule has 80 valence electrons. The van der Waals surface area contributed by atoms with Gasteiger partial charge in [-0.15, -0.1) is 0 Å². The molecule has 0 N–H and O–H groups in total. The van der Waals surface area contributed by atoms with E-state index in [0.29, 0.717) is 11.9 Å². The third-order valence-electron chi connectivity index (χ3n) is 3.77. The first-order chi connectivity index (χ1) is 7.27. The van der Waals surface area contributed by atoms with E-state index in [1.54, 1.807) is 0 Å². The molecule has 2 aliphatic heterocycles. The van der Waals surface area contributed by atoms with Crippen molar-refractivity contribution in [2.45, 2.75) is 44.7 Å². The van der Waals surface area contributed by atoms with Crippen molar-refractivity contribution in [3.63, 3.8) is 0 Å². The maximum atomic E-state index is 12.3. The molecule has 1 aliphatic carbocycles. The zero-order chi connectivity index (χ0) is 10.4. The summed E-state index contributed by atoms with van der Waals surface area (Å²) in [7, 11) is 0. The van der Waals surface area contributed by atoms with Crippen molar-refractivity contribution in [1.82, 2.24) is 4.90 Å². The average molecular weight is 204 g/mol. The number of carbonyl (C=O) groups excluding carboxylic acids is 1. The number of fused-ring (bicyclic) bond motifs is 2. The van der Waals surface area contributed by atoms with Gasteiger partial charge in [0.05, 0.1) is 12.0 Å². The van der Waals surface area contributed by atoms with Crippen LogP contribution < -0.4 is 0 Å². The van der Waals surface area contributed by atoms with Gasteiger partial charge in [0, 0.05) is 12.5 Å². The summed E-state index contributed by atoms with van der Waals surface area (Å²) in [6, 6.07) is 0.599. The maximum Gasteiger partial charge on any atom is 0.233 e. The van der Waals surface area contributed by atoms with E-state index in [1.807, 2.05) is 4.90 Å². The number of carbonyl (C=O) groups is 1. The molecule has 2 heterocycles. The predicted molar refractivity (Wildman–Crippen MR) is 58.6 cm³/mol. The van der Waals surface area contributed by atoms with Gasteiger partial charge in [-0.2, -0.15) is 0 Å². The van der Waals surface area contributed by atoms with E-state index >= 15 is 0 Å². The van der Waals surface area contributed by atoms with Gasteiger partial charge in [0.25, 0.3) is 0 Å². The zero-order valence-corrected chi connectivity index (χ0v) is 9.02. The van der Waals surface area contributed by atoms with Gasteiger partial charge in [0.2, 0.25) is 5.91 Å². The van der Waals surface area contributed by atoms with Crippen LogP contribution in [0.15, 0.2) is 17.1 Å². The van der Waals surface area contributed by atoms with Crippen molar-refractivity contribution in [3.8, 4) is 0 Å². The van der Waals surface area contributed by atoms with Gasteiger partial charge in [-0.25, -0.2) is 0 Å². The van der Waals surface area contributed by atoms with Gasteiger partial charge in [-0.05, 0) is 26.2 Å². The molecule has 0 aromatic rings. The minimum atomic E-state index is 0.124. The highest BCUT2D eigenvalue weighted by molar-refractivity contribution is 6.03. The topological polar surface area (TPSA) is 32.7 Å². The zero-order valence-electron chi connectivity index (χ0n) is 9.02. The van der Waals surface area contributed by atoms with Gasteiger partial charge >= 0.3 is 0 Å². The molecule has 1 saturated heterocycles. The van der Waals surface area contributed by atoms with Crippen molar-refractivity contribution in [2.75, 3.05) is 0 Å². The Morgan fingerprint density at radius 3 is 3.07 bits per heavy atom. The van der Waals surface area contributed by atoms with Crippen LogP contribution in [0, 0.1) is 5.92 Å². The molecule has 3 heteroatoms. The van der Waals surface area contributed by atoms with Crippen LogP contribution in [-0.4, -0.2) is 28.7 Å². The highest BCUT2D eigenvalue weighted by Crippen LogP contribution is 2.33. The normalized spacial score (nSPS) is 38.7. The number of aliphatic imine (C=N–C) groups is 1. The highest BCUT2D eigenvalue weighted by atomic mass is 16.2. The summed E-state index contributed by atoms with van der Waals surface area (Å²) in [5, 5.41) is 0. The fourth-order valence-electron chi connectivity index (χ4n) is 2.89. The lowest BCUT2D eigenvalue weighted by Gasteiger charge is -2.36. The Labute approximate surface area is 89.9 Å². The first kappa shape index (κ1) is 9.13. The molecule has 1 unspecified atom stereocenters. The van der Waals surface area contributed by atoms with E-state index in [4.69, 9.17) is 4.99 Å². The Hall–Kier alpha value is -1.12. The van der Waals surface area contributed by atoms with Crippen LogP contribution in [0.4, 0.5) is 0 Å². The summed E-state index contributed by atoms with van der Waals surface area (Å²) in [6.45, 7) is 2.12. The van der Waals surface area contributed by atoms with E-state index in [9.17, 15) is 4.79 Å². The summed E-state index contributed by atoms with van der Waals surface area (Å²) >= 11 is 0. The largest absolute Gasteiger partial charge is 0.297 e. The first-order valence-corrected chi connectivity index (χ1v) is 5.82. The lowest BCUT2D eigenvalue weighted by molar-refractivity contribution is -0.134. The molecule has 0 radical (unpaired) electrons. The Balaban J connectivity index is 1.98. The number of allylic oxidation sites excluding steroid dienone is 1. The number of amides is 1. The Morgan fingerprint density at radius 1 is 1.40 bits per heavy atom. The lowest BCUT2D eigenvalue weighted by atomic mass is 9.87. The van der Waals surface area contributed by atoms with Crippen molar-refractivity contribution in [3.05, 3.63) is 12.2 Å². The van der Waals surface area contributed by atoms with Crippen molar-refractivity contribution in [1.29, 1.82) is 0 Å². The third-order valence-corrected chi connectivity index (χ3v) is 3.77. The van der Waals surface area contributed by atoms with Gasteiger partial charge in [0.15, 0.2) is 0 Å². The molecule has 3 aliphatic rings. The summed E-state index contributed by atoms with van der Waals surface area (Å²) in [6.07, 6.45) is 8.18. The molecule has 15 heavy (non-hydrogen) atoms. The van der Waals surface area contributed by atoms with Crippen LogP contribution >= 0.6 is 0 Å². The smallest absolute Gasteiger partial charge is 0.233 e. The second-order valence-electron chi connectivity index (χ2n) is 4.76. The molecule has 3 rings (SSSR count). The average Bonchev–Trinajstić information content (AvgIpc) is 2.61. The summed E-state index contributed by atoms with van der Waals surface area (Å²) < 4.78 is 0. The van der Waals surface area contributed by atoms with E-state index < -0.39 is 0 Å². The molecule has 1 amide bonds. The molecule has 0 saturated carbocycles. The van der Waals surface area contributed by atoms with Crippen molar-refractivity contribution >= 4 is 11.7 Å². The SMILES string of the molecule is CC1CCC2=N[C@@H]3CC=CC[C@H]3C(=O)N21. The predicted octanol–water partition coefficient (Wildman–Crippen LogP) is 1.74. The molecular weight excluding hydrogens is 188 g/mol. The molecule has 0 aromatic heterocycles. The molecular formula is C12H16N2O. The Bertz CT molecular complexity index is 359. The van der Waals surface area contributed by atoms with Crippen LogP contribution in [0.5, 0.6) is 0 Å². The van der Waals surface area contributed by atoms with Gasteiger partial charge in [-0.3, -0.25) is 14.7 Å². The number of amidine groups is 1. The quantitative estimate of drug-likeness (QED) is 0.553. The van der Waals surface area contributed by atoms with Crippen molar-refractivity contribution in [2.24, 2.45) is 10.9 Å². The van der Waals surface area contributed by atoms with Gasteiger partial charge in [0.1, 0.15) is 5.84 Å². The van der Waals surface area contributed by atoms with Crippen LogP contribution in [0.1, 0.15) is 32.6 Å². The third kappa shape index (κ3) is 1.25. The summed E-state index contributed by atoms with van der Waals surface area (Å²) in [5.74, 6) is 1.49. The van der Waals surface area contributed by atoms with Crippen LogP contribution in [0.3, 0.4) is 0 Å². The number of hydrogen-bond acceptors (Lipinski definition) is 2. The number of nitrogens with zero attached hydrogens (tertiary/aromatic N) is 2. The van der Waals surface area contributed by atoms with Crippen LogP contribution in [0.2, 0.25) is 0 Å². The molecule has 0 aromatic carbocycles. The monoisotopic (exact) mass is 204 g/mol. The second kappa shape index (κ2) is 3.19. The summed E-state index contributed by atoms with van der Waals surface area (Å²) in [4.78, 5) is 18.9. The highest BCUT2D eigenvalue weighted by Gasteiger charge is 2.42. The fourth-order valence-corrected chi connectivity index (χ4v) is 2.89. The molecule has 1 fully saturated rings. The van der Waals surface area contributed by atoms with E-state index in [1.165, 1.54) is 0 Å². The Kier molecular flexibility index (Phi) is 1.94. The minimum absolute atomic E-state index is 0.124. The summed E-state index contributed by atoms with van der Waals surface area (Å²) in [5.41, 5.74) is 0. The standard InChI is InChI=1S/C12H16N2O/c1-8-6-7-11-13-10-5-3-2-4-9(10)12(15)14(8)11/h2-3,8-10H,4-7H2,1H3/t8?,9-,10-/m1/s1. The van der Waals surface area contributed by atoms with Crippen LogP contribution in [-0.2, 0) is 4.79 Å². The molecule has 0 spiro atoms. The number of rotatable bonds is 0. The Morgan fingerprint density at radius 2 is 2.20 bits per heavy atom. The molecule has 3 atom stereocenters. The van der Waals surface area contributed by atoms with Gasteiger partial charge in [-0.1, -0.05) is 12.2 Å². The minimum Gasteiger partial charge on any atom is -0.297 e. The molecule has 0 bridgehead atoms. The van der Waals surface area contributed by atoms with Crippen molar-refractivity contribution < 1.29 is 4.79 Å². The second-order valence-corrected chi connectivity index (χ2v) is 4.76. The van der Waals surface area contributed by atoms with Gasteiger partial charge < -0.3 is 0 Å². The van der Waals surface area contributed by atoms with Crippen LogP contribution in [0.25, 0.3) is 0 Å². The van der Waals surface area contributed by atoms with E-state index in [2.05, 4.69) is 19.1 Å². The molecule has 3 nitrogen and oxygen atoms in total. The van der Waals surface area contributed by atoms with E-state index in [0.717, 1.165) is 31.5 Å². The maximum absolute atomic E-state index is 12.3. The number of hydrogen-bond donors (Lipinski definition) is 0.